The van der Waals surface area contributed by atoms with Gasteiger partial charge in [0.1, 0.15) is 0 Å². The number of carbonyl (C=O) groups is 1. The van der Waals surface area contributed by atoms with E-state index in [-0.39, 0.29) is 17.0 Å². The number of hydrogen-bond donors (Lipinski definition) is 1. The third-order valence-corrected chi connectivity index (χ3v) is 5.14. The van der Waals surface area contributed by atoms with Crippen LogP contribution in [0.5, 0.6) is 5.75 Å². The van der Waals surface area contributed by atoms with E-state index >= 15 is 0 Å². The molecule has 0 fully saturated rings. The number of aromatic nitrogens is 2. The van der Waals surface area contributed by atoms with E-state index < -0.39 is 10.8 Å². The lowest BCUT2D eigenvalue weighted by Gasteiger charge is -2.04. The predicted molar refractivity (Wildman–Crippen MR) is 104 cm³/mol. The van der Waals surface area contributed by atoms with E-state index in [0.29, 0.717) is 10.3 Å². The van der Waals surface area contributed by atoms with E-state index in [1.165, 1.54) is 37.1 Å². The summed E-state index contributed by atoms with van der Waals surface area (Å²) in [6.45, 7) is 0. The maximum absolute atomic E-state index is 12.3. The molecule has 138 valence electrons. The van der Waals surface area contributed by atoms with Crippen molar-refractivity contribution in [2.24, 2.45) is 0 Å². The van der Waals surface area contributed by atoms with Gasteiger partial charge in [-0.15, -0.1) is 0 Å². The van der Waals surface area contributed by atoms with Crippen LogP contribution in [-0.2, 0) is 5.75 Å². The van der Waals surface area contributed by atoms with Crippen LogP contribution in [0.3, 0.4) is 0 Å². The molecule has 1 aromatic heterocycles. The van der Waals surface area contributed by atoms with Crippen molar-refractivity contribution < 1.29 is 14.5 Å². The molecule has 3 rings (SSSR count). The van der Waals surface area contributed by atoms with Gasteiger partial charge in [-0.05, 0) is 17.7 Å². The van der Waals surface area contributed by atoms with Gasteiger partial charge in [-0.25, -0.2) is 0 Å². The van der Waals surface area contributed by atoms with Crippen LogP contribution in [0.2, 0.25) is 0 Å². The molecule has 0 unspecified atom stereocenters. The number of carbonyl (C=O) groups excluding carboxylic acids is 1. The second-order valence-electron chi connectivity index (χ2n) is 5.25. The minimum atomic E-state index is -0.598. The van der Waals surface area contributed by atoms with Crippen LogP contribution in [0.15, 0.2) is 53.7 Å². The zero-order valence-electron chi connectivity index (χ0n) is 14.1. The van der Waals surface area contributed by atoms with E-state index in [4.69, 9.17) is 4.74 Å². The lowest BCUT2D eigenvalue weighted by atomic mass is 10.2. The number of anilines is 1. The van der Waals surface area contributed by atoms with Gasteiger partial charge >= 0.3 is 5.69 Å². The topological polar surface area (TPSA) is 107 Å². The number of nitrogens with zero attached hydrogens (tertiary/aromatic N) is 3. The fourth-order valence-electron chi connectivity index (χ4n) is 2.18. The SMILES string of the molecule is COc1ccc(C(=O)Nc2nc(SCc3ccccc3)ns2)cc1[N+](=O)[O-]. The summed E-state index contributed by atoms with van der Waals surface area (Å²) >= 11 is 2.51. The van der Waals surface area contributed by atoms with Crippen molar-refractivity contribution in [2.75, 3.05) is 12.4 Å². The van der Waals surface area contributed by atoms with Gasteiger partial charge in [0.25, 0.3) is 5.91 Å². The first kappa shape index (κ1) is 18.8. The lowest BCUT2D eigenvalue weighted by Crippen LogP contribution is -2.12. The molecular weight excluding hydrogens is 388 g/mol. The maximum Gasteiger partial charge on any atom is 0.311 e. The second kappa shape index (κ2) is 8.60. The van der Waals surface area contributed by atoms with Gasteiger partial charge in [0.2, 0.25) is 10.3 Å². The zero-order chi connectivity index (χ0) is 19.2. The monoisotopic (exact) mass is 402 g/mol. The highest BCUT2D eigenvalue weighted by Crippen LogP contribution is 2.28. The molecule has 1 heterocycles. The molecule has 1 N–H and O–H groups in total. The zero-order valence-corrected chi connectivity index (χ0v) is 15.8. The van der Waals surface area contributed by atoms with Crippen molar-refractivity contribution >= 4 is 40.0 Å². The van der Waals surface area contributed by atoms with Gasteiger partial charge in [0, 0.05) is 28.9 Å². The van der Waals surface area contributed by atoms with Crippen molar-refractivity contribution in [3.8, 4) is 5.75 Å². The number of ether oxygens (including phenoxy) is 1. The summed E-state index contributed by atoms with van der Waals surface area (Å²) in [4.78, 5) is 27.1. The van der Waals surface area contributed by atoms with Crippen molar-refractivity contribution in [2.45, 2.75) is 10.9 Å². The molecule has 3 aromatic rings. The Balaban J connectivity index is 1.65. The largest absolute Gasteiger partial charge is 0.490 e. The molecule has 0 saturated heterocycles. The van der Waals surface area contributed by atoms with Crippen LogP contribution in [0.25, 0.3) is 0 Å². The van der Waals surface area contributed by atoms with Crippen LogP contribution in [-0.4, -0.2) is 27.3 Å². The molecule has 0 aliphatic carbocycles. The van der Waals surface area contributed by atoms with Crippen LogP contribution in [0.4, 0.5) is 10.8 Å². The van der Waals surface area contributed by atoms with Crippen LogP contribution < -0.4 is 10.1 Å². The number of nitrogens with one attached hydrogen (secondary N) is 1. The van der Waals surface area contributed by atoms with E-state index in [0.717, 1.165) is 22.8 Å². The Morgan fingerprint density at radius 1 is 1.30 bits per heavy atom. The second-order valence-corrected chi connectivity index (χ2v) is 6.95. The van der Waals surface area contributed by atoms with Gasteiger partial charge in [0.15, 0.2) is 5.75 Å². The quantitative estimate of drug-likeness (QED) is 0.361. The molecule has 0 saturated carbocycles. The average Bonchev–Trinajstić information content (AvgIpc) is 3.13. The number of amides is 1. The Hall–Kier alpha value is -2.98. The summed E-state index contributed by atoms with van der Waals surface area (Å²) in [7, 11) is 1.33. The van der Waals surface area contributed by atoms with Gasteiger partial charge in [-0.3, -0.25) is 20.2 Å². The first-order chi connectivity index (χ1) is 13.1. The number of hydrogen-bond acceptors (Lipinski definition) is 8. The normalized spacial score (nSPS) is 10.4. The number of thioether (sulfide) groups is 1. The summed E-state index contributed by atoms with van der Waals surface area (Å²) in [5.74, 6) is 0.305. The Morgan fingerprint density at radius 3 is 2.78 bits per heavy atom. The lowest BCUT2D eigenvalue weighted by molar-refractivity contribution is -0.385. The molecular formula is C17H14N4O4S2. The van der Waals surface area contributed by atoms with Gasteiger partial charge in [-0.1, -0.05) is 42.1 Å². The molecule has 0 spiro atoms. The number of nitro groups is 1. The van der Waals surface area contributed by atoms with Gasteiger partial charge in [-0.2, -0.15) is 9.36 Å². The maximum atomic E-state index is 12.3. The summed E-state index contributed by atoms with van der Waals surface area (Å²) in [6.07, 6.45) is 0. The molecule has 1 amide bonds. The van der Waals surface area contributed by atoms with Gasteiger partial charge < -0.3 is 4.74 Å². The molecule has 0 aliphatic rings. The fraction of sp³-hybridized carbons (Fsp3) is 0.118. The standard InChI is InChI=1S/C17H14N4O4S2/c1-25-14-8-7-12(9-13(14)21(23)24)15(22)18-16-19-17(20-27-16)26-10-11-5-3-2-4-6-11/h2-9H,10H2,1H3,(H,18,19,20,22). The summed E-state index contributed by atoms with van der Waals surface area (Å²) in [6, 6.07) is 13.9. The molecule has 0 bridgehead atoms. The highest BCUT2D eigenvalue weighted by Gasteiger charge is 2.19. The number of nitro benzene ring substituents is 1. The van der Waals surface area contributed by atoms with E-state index in [1.54, 1.807) is 0 Å². The average molecular weight is 402 g/mol. The Labute approximate surface area is 162 Å². The third-order valence-electron chi connectivity index (χ3n) is 3.48. The van der Waals surface area contributed by atoms with Crippen molar-refractivity contribution in [3.63, 3.8) is 0 Å². The molecule has 0 atom stereocenters. The molecule has 10 heteroatoms. The molecule has 8 nitrogen and oxygen atoms in total. The minimum absolute atomic E-state index is 0.0899. The molecule has 0 aliphatic heterocycles. The predicted octanol–water partition coefficient (Wildman–Crippen LogP) is 4.00. The van der Waals surface area contributed by atoms with E-state index in [2.05, 4.69) is 14.7 Å². The fourth-order valence-corrected chi connectivity index (χ4v) is 3.68. The smallest absolute Gasteiger partial charge is 0.311 e. The highest BCUT2D eigenvalue weighted by molar-refractivity contribution is 7.98. The van der Waals surface area contributed by atoms with Crippen LogP contribution in [0.1, 0.15) is 15.9 Å². The molecule has 27 heavy (non-hydrogen) atoms. The third kappa shape index (κ3) is 4.80. The Kier molecular flexibility index (Phi) is 5.99. The van der Waals surface area contributed by atoms with E-state index in [9.17, 15) is 14.9 Å². The van der Waals surface area contributed by atoms with Crippen molar-refractivity contribution in [3.05, 3.63) is 69.8 Å². The summed E-state index contributed by atoms with van der Waals surface area (Å²) in [5, 5.41) is 14.6. The van der Waals surface area contributed by atoms with Crippen LogP contribution >= 0.6 is 23.3 Å². The highest BCUT2D eigenvalue weighted by atomic mass is 32.2. The summed E-state index contributed by atoms with van der Waals surface area (Å²) < 4.78 is 9.13. The Morgan fingerprint density at radius 2 is 2.07 bits per heavy atom. The van der Waals surface area contributed by atoms with Crippen LogP contribution in [0, 0.1) is 10.1 Å². The molecule has 0 radical (unpaired) electrons. The number of rotatable bonds is 7. The number of methoxy groups -OCH3 is 1. The first-order valence-electron chi connectivity index (χ1n) is 7.71. The first-order valence-corrected chi connectivity index (χ1v) is 9.47. The summed E-state index contributed by atoms with van der Waals surface area (Å²) in [5.41, 5.74) is 1.01. The van der Waals surface area contributed by atoms with Gasteiger partial charge in [0.05, 0.1) is 12.0 Å². The van der Waals surface area contributed by atoms with E-state index in [1.807, 2.05) is 30.3 Å². The molecule has 2 aromatic carbocycles. The number of benzene rings is 2. The minimum Gasteiger partial charge on any atom is -0.490 e. The Bertz CT molecular complexity index is 963. The van der Waals surface area contributed by atoms with Crippen molar-refractivity contribution in [1.29, 1.82) is 0 Å². The van der Waals surface area contributed by atoms with Crippen molar-refractivity contribution in [1.82, 2.24) is 9.36 Å².